The second-order valence-electron chi connectivity index (χ2n) is 4.73. The minimum Gasteiger partial charge on any atom is -0.461 e. The fraction of sp³-hybridized carbons (Fsp3) is 0.769. The SMILES string of the molecule is CCCCCCOC(=O)C(=CN1CC1)N1CC1. The molecule has 0 amide bonds. The Kier molecular flexibility index (Phi) is 4.29. The molecule has 96 valence electrons. The third-order valence-corrected chi connectivity index (χ3v) is 3.01. The molecule has 0 radical (unpaired) electrons. The number of ether oxygens (including phenoxy) is 1. The van der Waals surface area contributed by atoms with E-state index in [1.807, 2.05) is 6.20 Å². The van der Waals surface area contributed by atoms with Crippen molar-refractivity contribution in [2.45, 2.75) is 32.6 Å². The first-order chi connectivity index (χ1) is 8.31. The van der Waals surface area contributed by atoms with E-state index in [1.54, 1.807) is 0 Å². The molecule has 0 saturated carbocycles. The summed E-state index contributed by atoms with van der Waals surface area (Å²) in [5.41, 5.74) is 0.748. The van der Waals surface area contributed by atoms with Gasteiger partial charge in [-0.3, -0.25) is 0 Å². The van der Waals surface area contributed by atoms with Crippen LogP contribution in [0.1, 0.15) is 32.6 Å². The van der Waals surface area contributed by atoms with Crippen molar-refractivity contribution in [1.82, 2.24) is 9.80 Å². The van der Waals surface area contributed by atoms with Crippen LogP contribution < -0.4 is 0 Å². The van der Waals surface area contributed by atoms with Crippen LogP contribution in [0.2, 0.25) is 0 Å². The average molecular weight is 238 g/mol. The van der Waals surface area contributed by atoms with Gasteiger partial charge in [-0.15, -0.1) is 0 Å². The molecule has 0 aliphatic carbocycles. The van der Waals surface area contributed by atoms with E-state index in [0.717, 1.165) is 44.7 Å². The second-order valence-corrected chi connectivity index (χ2v) is 4.73. The second kappa shape index (κ2) is 5.94. The molecule has 4 heteroatoms. The Labute approximate surface area is 103 Å². The Morgan fingerprint density at radius 2 is 1.94 bits per heavy atom. The molecular formula is C13H22N2O2. The van der Waals surface area contributed by atoms with Crippen molar-refractivity contribution in [3.8, 4) is 0 Å². The topological polar surface area (TPSA) is 32.3 Å². The zero-order valence-corrected chi connectivity index (χ0v) is 10.7. The fourth-order valence-electron chi connectivity index (χ4n) is 1.68. The van der Waals surface area contributed by atoms with Gasteiger partial charge in [0.25, 0.3) is 0 Å². The number of carbonyl (C=O) groups is 1. The summed E-state index contributed by atoms with van der Waals surface area (Å²) in [7, 11) is 0. The van der Waals surface area contributed by atoms with Gasteiger partial charge in [0.2, 0.25) is 0 Å². The molecule has 0 N–H and O–H groups in total. The van der Waals surface area contributed by atoms with Gasteiger partial charge in [0, 0.05) is 32.4 Å². The first-order valence-electron chi connectivity index (χ1n) is 6.69. The number of rotatable bonds is 8. The highest BCUT2D eigenvalue weighted by molar-refractivity contribution is 5.88. The minimum absolute atomic E-state index is 0.147. The molecule has 0 spiro atoms. The van der Waals surface area contributed by atoms with Gasteiger partial charge in [-0.25, -0.2) is 4.79 Å². The third-order valence-electron chi connectivity index (χ3n) is 3.01. The Hall–Kier alpha value is -1.19. The lowest BCUT2D eigenvalue weighted by atomic mass is 10.2. The number of esters is 1. The minimum atomic E-state index is -0.147. The van der Waals surface area contributed by atoms with E-state index in [4.69, 9.17) is 4.74 Å². The van der Waals surface area contributed by atoms with Crippen molar-refractivity contribution in [3.05, 3.63) is 11.9 Å². The molecule has 0 bridgehead atoms. The van der Waals surface area contributed by atoms with E-state index in [-0.39, 0.29) is 5.97 Å². The molecule has 0 aromatic heterocycles. The summed E-state index contributed by atoms with van der Waals surface area (Å²) in [6.45, 7) is 6.86. The summed E-state index contributed by atoms with van der Waals surface area (Å²) in [5, 5.41) is 0. The van der Waals surface area contributed by atoms with Gasteiger partial charge in [0.15, 0.2) is 0 Å². The largest absolute Gasteiger partial charge is 0.461 e. The number of nitrogens with zero attached hydrogens (tertiary/aromatic N) is 2. The zero-order valence-electron chi connectivity index (χ0n) is 10.7. The van der Waals surface area contributed by atoms with Gasteiger partial charge < -0.3 is 14.5 Å². The fourth-order valence-corrected chi connectivity index (χ4v) is 1.68. The summed E-state index contributed by atoms with van der Waals surface area (Å²) in [6.07, 6.45) is 6.51. The van der Waals surface area contributed by atoms with Crippen LogP contribution in [0, 0.1) is 0 Å². The number of carbonyl (C=O) groups excluding carboxylic acids is 1. The van der Waals surface area contributed by atoms with Crippen LogP contribution in [0.4, 0.5) is 0 Å². The molecule has 0 aromatic carbocycles. The van der Waals surface area contributed by atoms with Crippen molar-refractivity contribution in [2.75, 3.05) is 32.8 Å². The summed E-state index contributed by atoms with van der Waals surface area (Å²) < 4.78 is 5.31. The van der Waals surface area contributed by atoms with Crippen LogP contribution >= 0.6 is 0 Å². The number of hydrogen-bond acceptors (Lipinski definition) is 4. The van der Waals surface area contributed by atoms with Crippen molar-refractivity contribution < 1.29 is 9.53 Å². The predicted molar refractivity (Wildman–Crippen MR) is 66.3 cm³/mol. The van der Waals surface area contributed by atoms with Crippen molar-refractivity contribution in [2.24, 2.45) is 0 Å². The van der Waals surface area contributed by atoms with E-state index in [1.165, 1.54) is 12.8 Å². The van der Waals surface area contributed by atoms with Gasteiger partial charge in [0.05, 0.1) is 6.61 Å². The van der Waals surface area contributed by atoms with Crippen molar-refractivity contribution >= 4 is 5.97 Å². The molecule has 2 saturated heterocycles. The summed E-state index contributed by atoms with van der Waals surface area (Å²) >= 11 is 0. The maximum Gasteiger partial charge on any atom is 0.356 e. The molecule has 2 rings (SSSR count). The quantitative estimate of drug-likeness (QED) is 0.278. The maximum absolute atomic E-state index is 11.9. The van der Waals surface area contributed by atoms with Crippen LogP contribution in [0.25, 0.3) is 0 Å². The molecule has 2 aliphatic rings. The maximum atomic E-state index is 11.9. The number of hydrogen-bond donors (Lipinski definition) is 0. The van der Waals surface area contributed by atoms with Crippen molar-refractivity contribution in [1.29, 1.82) is 0 Å². The summed E-state index contributed by atoms with van der Waals surface area (Å²) in [6, 6.07) is 0. The monoisotopic (exact) mass is 238 g/mol. The van der Waals surface area contributed by atoms with Crippen molar-refractivity contribution in [3.63, 3.8) is 0 Å². The standard InChI is InChI=1S/C13H22N2O2/c1-2-3-4-5-10-17-13(16)12(15-8-9-15)11-14-6-7-14/h11H,2-10H2,1H3. The van der Waals surface area contributed by atoms with Gasteiger partial charge in [0.1, 0.15) is 5.70 Å². The first kappa shape index (κ1) is 12.3. The Balaban J connectivity index is 1.69. The predicted octanol–water partition coefficient (Wildman–Crippen LogP) is 1.58. The highest BCUT2D eigenvalue weighted by atomic mass is 16.5. The van der Waals surface area contributed by atoms with Crippen LogP contribution in [0.15, 0.2) is 11.9 Å². The molecule has 0 unspecified atom stereocenters. The molecule has 0 aromatic rings. The molecule has 2 fully saturated rings. The molecule has 17 heavy (non-hydrogen) atoms. The molecular weight excluding hydrogens is 216 g/mol. The molecule has 2 heterocycles. The van der Waals surface area contributed by atoms with E-state index in [9.17, 15) is 4.79 Å². The van der Waals surface area contributed by atoms with Gasteiger partial charge in [-0.05, 0) is 6.42 Å². The Bertz CT molecular complexity index is 294. The van der Waals surface area contributed by atoms with Crippen LogP contribution in [-0.2, 0) is 9.53 Å². The normalized spacial score (nSPS) is 18.3. The van der Waals surface area contributed by atoms with Crippen LogP contribution in [0.3, 0.4) is 0 Å². The van der Waals surface area contributed by atoms with Gasteiger partial charge in [-0.1, -0.05) is 26.2 Å². The van der Waals surface area contributed by atoms with E-state index >= 15 is 0 Å². The molecule has 2 aliphatic heterocycles. The van der Waals surface area contributed by atoms with Crippen LogP contribution in [0.5, 0.6) is 0 Å². The van der Waals surface area contributed by atoms with Crippen LogP contribution in [-0.4, -0.2) is 48.6 Å². The lowest BCUT2D eigenvalue weighted by molar-refractivity contribution is -0.140. The average Bonchev–Trinajstić information content (AvgIpc) is 3.15. The first-order valence-corrected chi connectivity index (χ1v) is 6.69. The lowest BCUT2D eigenvalue weighted by Gasteiger charge is -2.09. The van der Waals surface area contributed by atoms with E-state index in [2.05, 4.69) is 16.7 Å². The summed E-state index contributed by atoms with van der Waals surface area (Å²) in [5.74, 6) is -0.147. The highest BCUT2D eigenvalue weighted by Crippen LogP contribution is 2.19. The zero-order chi connectivity index (χ0) is 12.1. The lowest BCUT2D eigenvalue weighted by Crippen LogP contribution is -2.16. The Morgan fingerprint density at radius 1 is 1.18 bits per heavy atom. The smallest absolute Gasteiger partial charge is 0.356 e. The molecule has 0 atom stereocenters. The van der Waals surface area contributed by atoms with Gasteiger partial charge >= 0.3 is 5.97 Å². The van der Waals surface area contributed by atoms with E-state index < -0.39 is 0 Å². The third kappa shape index (κ3) is 4.29. The Morgan fingerprint density at radius 3 is 2.53 bits per heavy atom. The van der Waals surface area contributed by atoms with Gasteiger partial charge in [-0.2, -0.15) is 0 Å². The summed E-state index contributed by atoms with van der Waals surface area (Å²) in [4.78, 5) is 16.1. The number of unbranched alkanes of at least 4 members (excludes halogenated alkanes) is 3. The molecule has 4 nitrogen and oxygen atoms in total. The van der Waals surface area contributed by atoms with E-state index in [0.29, 0.717) is 6.61 Å². The highest BCUT2D eigenvalue weighted by Gasteiger charge is 2.29.